The molecule has 0 radical (unpaired) electrons. The summed E-state index contributed by atoms with van der Waals surface area (Å²) in [4.78, 5) is 23.1. The highest BCUT2D eigenvalue weighted by Crippen LogP contribution is 2.44. The molecule has 0 atom stereocenters. The van der Waals surface area contributed by atoms with E-state index in [0.29, 0.717) is 51.1 Å². The van der Waals surface area contributed by atoms with Crippen LogP contribution in [0.1, 0.15) is 16.7 Å². The second-order valence-electron chi connectivity index (χ2n) is 17.2. The molecule has 3 heterocycles. The quantitative estimate of drug-likeness (QED) is 0.146. The van der Waals surface area contributed by atoms with Gasteiger partial charge in [0.15, 0.2) is 28.8 Å². The van der Waals surface area contributed by atoms with Crippen LogP contribution in [0.3, 0.4) is 0 Å². The normalized spacial score (nSPS) is 11.0. The van der Waals surface area contributed by atoms with E-state index in [0.717, 1.165) is 88.4 Å². The van der Waals surface area contributed by atoms with Crippen molar-refractivity contribution in [2.45, 2.75) is 0 Å². The molecule has 0 fully saturated rings. The fraction of sp³-hybridized carbons (Fsp3) is 0. The van der Waals surface area contributed by atoms with Crippen LogP contribution in [0.4, 0.5) is 11.4 Å². The molecule has 12 aromatic rings. The smallest absolute Gasteiger partial charge is 0.188 e. The van der Waals surface area contributed by atoms with Crippen molar-refractivity contribution in [1.29, 1.82) is 15.8 Å². The minimum Gasteiger partial charge on any atom is -0.309 e. The zero-order valence-electron chi connectivity index (χ0n) is 37.9. The summed E-state index contributed by atoms with van der Waals surface area (Å²) in [6.07, 6.45) is 0. The lowest BCUT2D eigenvalue weighted by Gasteiger charge is -2.20. The Kier molecular flexibility index (Phi) is 10.2. The molecular weight excluding hydrogens is 885 g/mol. The maximum atomic E-state index is 10.1. The van der Waals surface area contributed by atoms with Gasteiger partial charge in [-0.15, -0.1) is 0 Å². The van der Waals surface area contributed by atoms with E-state index in [9.17, 15) is 15.8 Å². The Labute approximate surface area is 412 Å². The van der Waals surface area contributed by atoms with Crippen LogP contribution >= 0.6 is 0 Å². The van der Waals surface area contributed by atoms with Gasteiger partial charge in [-0.2, -0.15) is 15.8 Å². The third-order valence-corrected chi connectivity index (χ3v) is 13.1. The first-order chi connectivity index (χ1) is 35.4. The molecule has 0 amide bonds. The summed E-state index contributed by atoms with van der Waals surface area (Å²) in [5.74, 6) is 1.43. The lowest BCUT2D eigenvalue weighted by molar-refractivity contribution is 1.07. The molecule has 0 aliphatic carbocycles. The van der Waals surface area contributed by atoms with Gasteiger partial charge in [-0.25, -0.2) is 24.6 Å². The van der Waals surface area contributed by atoms with Crippen molar-refractivity contribution < 1.29 is 0 Å². The number of nitrogens with zero attached hydrogens (tertiary/aromatic N) is 10. The highest BCUT2D eigenvalue weighted by atomic mass is 15.0. The van der Waals surface area contributed by atoms with Crippen LogP contribution in [0.25, 0.3) is 121 Å². The molecule has 0 saturated carbocycles. The maximum Gasteiger partial charge on any atom is 0.188 e. The fourth-order valence-corrected chi connectivity index (χ4v) is 9.72. The first kappa shape index (κ1) is 42.4. The number of rotatable bonds is 7. The van der Waals surface area contributed by atoms with Crippen molar-refractivity contribution in [1.82, 2.24) is 24.1 Å². The third-order valence-electron chi connectivity index (χ3n) is 13.1. The van der Waals surface area contributed by atoms with E-state index < -0.39 is 0 Å². The maximum absolute atomic E-state index is 10.1. The molecule has 0 aliphatic rings. The van der Waals surface area contributed by atoms with E-state index in [2.05, 4.69) is 61.3 Å². The molecule has 10 heteroatoms. The Hall–Kier alpha value is -11.0. The van der Waals surface area contributed by atoms with Crippen LogP contribution in [0, 0.1) is 47.1 Å². The van der Waals surface area contributed by atoms with Crippen molar-refractivity contribution >= 4 is 55.0 Å². The summed E-state index contributed by atoms with van der Waals surface area (Å²) >= 11 is 0. The van der Waals surface area contributed by atoms with Gasteiger partial charge in [0.05, 0.1) is 75.8 Å². The van der Waals surface area contributed by atoms with Crippen molar-refractivity contribution in [3.05, 3.63) is 234 Å². The number of fused-ring (bicyclic) bond motifs is 6. The second kappa shape index (κ2) is 17.3. The van der Waals surface area contributed by atoms with E-state index in [4.69, 9.17) is 28.1 Å². The van der Waals surface area contributed by atoms with Crippen LogP contribution in [0.15, 0.2) is 194 Å². The minimum atomic E-state index is 0.434. The van der Waals surface area contributed by atoms with Crippen LogP contribution in [-0.4, -0.2) is 24.1 Å². The van der Waals surface area contributed by atoms with Gasteiger partial charge in [-0.3, -0.25) is 0 Å². The Morgan fingerprint density at radius 2 is 0.833 bits per heavy atom. The van der Waals surface area contributed by atoms with Crippen LogP contribution in [0.5, 0.6) is 0 Å². The zero-order chi connectivity index (χ0) is 48.9. The van der Waals surface area contributed by atoms with E-state index in [1.165, 1.54) is 0 Å². The lowest BCUT2D eigenvalue weighted by atomic mass is 9.92. The van der Waals surface area contributed by atoms with E-state index in [1.807, 2.05) is 170 Å². The monoisotopic (exact) mass is 916 g/mol. The van der Waals surface area contributed by atoms with Gasteiger partial charge in [0.1, 0.15) is 0 Å². The summed E-state index contributed by atoms with van der Waals surface area (Å²) < 4.78 is 4.34. The molecule has 9 aromatic carbocycles. The SMILES string of the molecule is [C-]#[N+]c1ccc2c(c1)c1cc(C#N)ccc1n2-c1ccc(-c2nc(-c3ccccc3)nc(-c3ccccc3)n2)c(-c2cc(-c3ccc(C#N)cc3)ccc2-n2c3ccc(C#N)cc3c3cc([N+]#[C-])ccc32)c1. The summed E-state index contributed by atoms with van der Waals surface area (Å²) in [6, 6.07) is 69.1. The van der Waals surface area contributed by atoms with Gasteiger partial charge in [-0.05, 0) is 131 Å². The average Bonchev–Trinajstić information content (AvgIpc) is 3.96. The molecular formula is C62H32N10. The van der Waals surface area contributed by atoms with Crippen molar-refractivity contribution in [3.63, 3.8) is 0 Å². The summed E-state index contributed by atoms with van der Waals surface area (Å²) in [5, 5.41) is 33.2. The number of nitriles is 3. The molecule has 0 N–H and O–H groups in total. The lowest BCUT2D eigenvalue weighted by Crippen LogP contribution is -2.04. The largest absolute Gasteiger partial charge is 0.309 e. The van der Waals surface area contributed by atoms with Gasteiger partial charge in [0.2, 0.25) is 0 Å². The topological polar surface area (TPSA) is 129 Å². The van der Waals surface area contributed by atoms with E-state index in [1.54, 1.807) is 0 Å². The Bertz CT molecular complexity index is 4240. The Balaban J connectivity index is 1.22. The van der Waals surface area contributed by atoms with Crippen LogP contribution in [-0.2, 0) is 0 Å². The summed E-state index contributed by atoms with van der Waals surface area (Å²) in [5.41, 5.74) is 13.2. The van der Waals surface area contributed by atoms with Gasteiger partial charge in [0.25, 0.3) is 0 Å². The number of hydrogen-bond acceptors (Lipinski definition) is 6. The first-order valence-electron chi connectivity index (χ1n) is 22.8. The molecule has 330 valence electrons. The van der Waals surface area contributed by atoms with Crippen LogP contribution in [0.2, 0.25) is 0 Å². The van der Waals surface area contributed by atoms with Gasteiger partial charge < -0.3 is 9.13 Å². The van der Waals surface area contributed by atoms with Gasteiger partial charge in [-0.1, -0.05) is 91.0 Å². The fourth-order valence-electron chi connectivity index (χ4n) is 9.72. The van der Waals surface area contributed by atoms with Crippen LogP contribution < -0.4 is 0 Å². The van der Waals surface area contributed by atoms with Crippen molar-refractivity contribution in [2.75, 3.05) is 0 Å². The van der Waals surface area contributed by atoms with Gasteiger partial charge in [0, 0.05) is 38.7 Å². The predicted molar refractivity (Wildman–Crippen MR) is 282 cm³/mol. The standard InChI is InChI=1S/C62H32N10/c1-66-45-20-27-56-53(32-45)50-29-39(36-64)15-24-55(50)71(56)47-22-23-48(62-69-60(42-9-5-3-6-10-42)68-61(70-62)43-11-7-4-8-12-43)49(34-47)52-31-44(41-17-13-38(35-63)14-18-41)19-26-58(52)72-57-25-16-40(37-65)30-51(57)54-33-46(67-2)21-28-59(54)72/h3-34H. The Morgan fingerprint density at radius 1 is 0.361 bits per heavy atom. The molecule has 72 heavy (non-hydrogen) atoms. The van der Waals surface area contributed by atoms with Crippen molar-refractivity contribution in [3.8, 4) is 86.0 Å². The first-order valence-corrected chi connectivity index (χ1v) is 22.8. The number of hydrogen-bond donors (Lipinski definition) is 0. The number of aromatic nitrogens is 5. The van der Waals surface area contributed by atoms with E-state index >= 15 is 0 Å². The summed E-state index contributed by atoms with van der Waals surface area (Å²) in [6.45, 7) is 15.8. The Morgan fingerprint density at radius 3 is 1.36 bits per heavy atom. The highest BCUT2D eigenvalue weighted by Gasteiger charge is 2.24. The molecule has 12 rings (SSSR count). The molecule has 3 aromatic heterocycles. The van der Waals surface area contributed by atoms with Crippen molar-refractivity contribution in [2.24, 2.45) is 0 Å². The molecule has 0 bridgehead atoms. The molecule has 0 spiro atoms. The zero-order valence-corrected chi connectivity index (χ0v) is 37.9. The highest BCUT2D eigenvalue weighted by molar-refractivity contribution is 6.13. The average molecular weight is 917 g/mol. The second-order valence-corrected chi connectivity index (χ2v) is 17.2. The van der Waals surface area contributed by atoms with E-state index in [-0.39, 0.29) is 0 Å². The predicted octanol–water partition coefficient (Wildman–Crippen LogP) is 15.1. The third kappa shape index (κ3) is 7.13. The number of benzene rings is 9. The molecule has 0 unspecified atom stereocenters. The molecule has 0 saturated heterocycles. The van der Waals surface area contributed by atoms with Gasteiger partial charge >= 0.3 is 0 Å². The minimum absolute atomic E-state index is 0.434. The molecule has 10 nitrogen and oxygen atoms in total. The summed E-state index contributed by atoms with van der Waals surface area (Å²) in [7, 11) is 0. The molecule has 0 aliphatic heterocycles.